The predicted octanol–water partition coefficient (Wildman–Crippen LogP) is 7.03. The zero-order valence-electron chi connectivity index (χ0n) is 19.8. The quantitative estimate of drug-likeness (QED) is 0.430. The highest BCUT2D eigenvalue weighted by Gasteiger charge is 2.35. The van der Waals surface area contributed by atoms with E-state index < -0.39 is 0 Å². The molecular weight excluding hydrogens is 380 g/mol. The minimum atomic E-state index is 0.321. The number of nitrogens with zero attached hydrogens (tertiary/aromatic N) is 2. The van der Waals surface area contributed by atoms with Gasteiger partial charge in [0.15, 0.2) is 5.58 Å². The summed E-state index contributed by atoms with van der Waals surface area (Å²) in [5.41, 5.74) is 7.04. The molecule has 0 saturated carbocycles. The molecule has 0 fully saturated rings. The molecule has 0 spiro atoms. The van der Waals surface area contributed by atoms with Crippen molar-refractivity contribution in [3.63, 3.8) is 0 Å². The molecule has 1 aliphatic rings. The van der Waals surface area contributed by atoms with Crippen LogP contribution in [0.3, 0.4) is 0 Å². The van der Waals surface area contributed by atoms with E-state index in [1.807, 2.05) is 12.1 Å². The molecular formula is C28H38N2O. The molecule has 0 N–H and O–H groups in total. The monoisotopic (exact) mass is 418 g/mol. The lowest BCUT2D eigenvalue weighted by atomic mass is 9.67. The van der Waals surface area contributed by atoms with Gasteiger partial charge in [-0.3, -0.25) is 0 Å². The zero-order chi connectivity index (χ0) is 21.8. The summed E-state index contributed by atoms with van der Waals surface area (Å²) in [6.45, 7) is 12.8. The fourth-order valence-corrected chi connectivity index (χ4v) is 6.01. The van der Waals surface area contributed by atoms with E-state index in [1.165, 1.54) is 44.2 Å². The van der Waals surface area contributed by atoms with Crippen molar-refractivity contribution in [3.8, 4) is 0 Å². The Morgan fingerprint density at radius 1 is 1.13 bits per heavy atom. The topological polar surface area (TPSA) is 29.3 Å². The Bertz CT molecular complexity index is 1010. The maximum Gasteiger partial charge on any atom is 0.167 e. The SMILES string of the molecule is CCCC1(CC)CCCN(CCc2noc3ccccc23)CC(C)c2cccc(C)c21. The molecule has 2 aromatic carbocycles. The van der Waals surface area contributed by atoms with Crippen molar-refractivity contribution in [2.24, 2.45) is 0 Å². The molecule has 31 heavy (non-hydrogen) atoms. The Labute approximate surface area is 187 Å². The van der Waals surface area contributed by atoms with Gasteiger partial charge in [-0.2, -0.15) is 0 Å². The van der Waals surface area contributed by atoms with Crippen LogP contribution in [0.15, 0.2) is 47.0 Å². The average Bonchev–Trinajstić information content (AvgIpc) is 3.20. The van der Waals surface area contributed by atoms with Crippen LogP contribution in [0.25, 0.3) is 11.0 Å². The van der Waals surface area contributed by atoms with Crippen LogP contribution < -0.4 is 0 Å². The fourth-order valence-electron chi connectivity index (χ4n) is 6.01. The van der Waals surface area contributed by atoms with Gasteiger partial charge in [0.05, 0.1) is 5.69 Å². The number of aromatic nitrogens is 1. The Hall–Kier alpha value is -2.13. The molecule has 3 heteroatoms. The highest BCUT2D eigenvalue weighted by molar-refractivity contribution is 5.79. The summed E-state index contributed by atoms with van der Waals surface area (Å²) in [5, 5.41) is 5.53. The van der Waals surface area contributed by atoms with E-state index in [9.17, 15) is 0 Å². The maximum atomic E-state index is 5.53. The zero-order valence-corrected chi connectivity index (χ0v) is 19.8. The molecule has 1 aliphatic heterocycles. The number of fused-ring (bicyclic) bond motifs is 2. The molecule has 4 rings (SSSR count). The lowest BCUT2D eigenvalue weighted by Gasteiger charge is -2.37. The van der Waals surface area contributed by atoms with Crippen LogP contribution >= 0.6 is 0 Å². The van der Waals surface area contributed by atoms with Gasteiger partial charge in [0.25, 0.3) is 0 Å². The van der Waals surface area contributed by atoms with Crippen molar-refractivity contribution >= 4 is 11.0 Å². The first-order valence-electron chi connectivity index (χ1n) is 12.2. The largest absolute Gasteiger partial charge is 0.356 e. The Morgan fingerprint density at radius 3 is 2.77 bits per heavy atom. The molecule has 2 atom stereocenters. The number of aryl methyl sites for hydroxylation is 1. The molecule has 0 aliphatic carbocycles. The Kier molecular flexibility index (Phi) is 6.81. The van der Waals surface area contributed by atoms with Crippen molar-refractivity contribution in [2.75, 3.05) is 19.6 Å². The first-order chi connectivity index (χ1) is 15.1. The van der Waals surface area contributed by atoms with Gasteiger partial charge in [0.1, 0.15) is 0 Å². The predicted molar refractivity (Wildman–Crippen MR) is 130 cm³/mol. The van der Waals surface area contributed by atoms with Crippen LogP contribution in [0, 0.1) is 6.92 Å². The second kappa shape index (κ2) is 9.56. The number of para-hydroxylation sites is 1. The van der Waals surface area contributed by atoms with Gasteiger partial charge in [-0.25, -0.2) is 0 Å². The van der Waals surface area contributed by atoms with E-state index in [4.69, 9.17) is 4.52 Å². The summed E-state index contributed by atoms with van der Waals surface area (Å²) in [6, 6.07) is 15.2. The third kappa shape index (κ3) is 4.43. The van der Waals surface area contributed by atoms with Gasteiger partial charge in [-0.05, 0) is 79.3 Å². The summed E-state index contributed by atoms with van der Waals surface area (Å²) in [5.74, 6) is 0.532. The standard InChI is InChI=1S/C28H38N2O/c1-5-16-28(6-2)17-10-18-30(20-22(4)23-13-9-11-21(3)27(23)28)19-15-25-24-12-7-8-14-26(24)31-29-25/h7-9,11-14,22H,5-6,10,15-20H2,1-4H3. The summed E-state index contributed by atoms with van der Waals surface area (Å²) in [7, 11) is 0. The minimum Gasteiger partial charge on any atom is -0.356 e. The number of hydrogen-bond acceptors (Lipinski definition) is 3. The maximum absolute atomic E-state index is 5.53. The first kappa shape index (κ1) is 22.1. The summed E-state index contributed by atoms with van der Waals surface area (Å²) >= 11 is 0. The van der Waals surface area contributed by atoms with E-state index in [2.05, 4.69) is 68.1 Å². The van der Waals surface area contributed by atoms with Gasteiger partial charge < -0.3 is 9.42 Å². The highest BCUT2D eigenvalue weighted by atomic mass is 16.5. The van der Waals surface area contributed by atoms with E-state index in [0.29, 0.717) is 11.3 Å². The third-order valence-electron chi connectivity index (χ3n) is 7.55. The van der Waals surface area contributed by atoms with Crippen LogP contribution in [0.1, 0.15) is 81.2 Å². The van der Waals surface area contributed by atoms with E-state index in [-0.39, 0.29) is 0 Å². The van der Waals surface area contributed by atoms with Gasteiger partial charge >= 0.3 is 0 Å². The lowest BCUT2D eigenvalue weighted by molar-refractivity contribution is 0.247. The Morgan fingerprint density at radius 2 is 1.97 bits per heavy atom. The number of hydrogen-bond donors (Lipinski definition) is 0. The second-order valence-corrected chi connectivity index (χ2v) is 9.60. The van der Waals surface area contributed by atoms with Crippen LogP contribution in [-0.4, -0.2) is 29.7 Å². The van der Waals surface area contributed by atoms with Crippen molar-refractivity contribution in [1.82, 2.24) is 10.1 Å². The van der Waals surface area contributed by atoms with Crippen molar-refractivity contribution in [3.05, 3.63) is 64.8 Å². The molecule has 2 unspecified atom stereocenters. The molecule has 3 nitrogen and oxygen atoms in total. The highest BCUT2D eigenvalue weighted by Crippen LogP contribution is 2.44. The summed E-state index contributed by atoms with van der Waals surface area (Å²) < 4.78 is 5.53. The second-order valence-electron chi connectivity index (χ2n) is 9.60. The van der Waals surface area contributed by atoms with Crippen LogP contribution in [0.5, 0.6) is 0 Å². The van der Waals surface area contributed by atoms with Crippen molar-refractivity contribution < 1.29 is 4.52 Å². The van der Waals surface area contributed by atoms with Crippen molar-refractivity contribution in [1.29, 1.82) is 0 Å². The molecule has 0 bridgehead atoms. The van der Waals surface area contributed by atoms with Gasteiger partial charge in [0, 0.05) is 24.9 Å². The Balaban J connectivity index is 1.58. The molecule has 0 radical (unpaired) electrons. The lowest BCUT2D eigenvalue weighted by Crippen LogP contribution is -2.31. The van der Waals surface area contributed by atoms with E-state index in [1.54, 1.807) is 11.1 Å². The molecule has 166 valence electrons. The third-order valence-corrected chi connectivity index (χ3v) is 7.55. The fraction of sp³-hybridized carbons (Fsp3) is 0.536. The first-order valence-corrected chi connectivity index (χ1v) is 12.2. The van der Waals surface area contributed by atoms with Gasteiger partial charge in [-0.1, -0.05) is 62.7 Å². The van der Waals surface area contributed by atoms with Gasteiger partial charge in [0.2, 0.25) is 0 Å². The van der Waals surface area contributed by atoms with Crippen LogP contribution in [0.4, 0.5) is 0 Å². The molecule has 1 aromatic heterocycles. The molecule has 0 saturated heterocycles. The molecule has 3 aromatic rings. The summed E-state index contributed by atoms with van der Waals surface area (Å²) in [4.78, 5) is 2.66. The number of rotatable bonds is 6. The minimum absolute atomic E-state index is 0.321. The average molecular weight is 419 g/mol. The normalized spacial score (nSPS) is 22.6. The van der Waals surface area contributed by atoms with E-state index >= 15 is 0 Å². The van der Waals surface area contributed by atoms with E-state index in [0.717, 1.165) is 36.2 Å². The smallest absolute Gasteiger partial charge is 0.167 e. The van der Waals surface area contributed by atoms with Crippen molar-refractivity contribution in [2.45, 2.75) is 77.6 Å². The van der Waals surface area contributed by atoms with Crippen LogP contribution in [0.2, 0.25) is 0 Å². The van der Waals surface area contributed by atoms with Crippen LogP contribution in [-0.2, 0) is 11.8 Å². The van der Waals surface area contributed by atoms with Gasteiger partial charge in [-0.15, -0.1) is 0 Å². The number of benzene rings is 2. The molecule has 0 amide bonds. The molecule has 2 heterocycles. The summed E-state index contributed by atoms with van der Waals surface area (Å²) in [6.07, 6.45) is 7.26.